The van der Waals surface area contributed by atoms with Crippen LogP contribution in [0.4, 0.5) is 0 Å². The van der Waals surface area contributed by atoms with Crippen LogP contribution in [-0.4, -0.2) is 26.3 Å². The van der Waals surface area contributed by atoms with Crippen LogP contribution in [0.2, 0.25) is 0 Å². The van der Waals surface area contributed by atoms with Crippen LogP contribution in [0.5, 0.6) is 0 Å². The summed E-state index contributed by atoms with van der Waals surface area (Å²) in [7, 11) is 1.75. The fourth-order valence-electron chi connectivity index (χ4n) is 1.60. The molecule has 0 unspecified atom stereocenters. The third-order valence-corrected chi connectivity index (χ3v) is 2.55. The lowest BCUT2D eigenvalue weighted by Crippen LogP contribution is -2.42. The summed E-state index contributed by atoms with van der Waals surface area (Å²) in [6.45, 7) is 4.13. The van der Waals surface area contributed by atoms with Crippen molar-refractivity contribution in [2.45, 2.75) is 32.2 Å². The maximum absolute atomic E-state index is 4.95. The molecule has 0 radical (unpaired) electrons. The van der Waals surface area contributed by atoms with Crippen LogP contribution in [0, 0.1) is 5.92 Å². The second-order valence-electron chi connectivity index (χ2n) is 3.39. The molecule has 1 fully saturated rings. The fourth-order valence-corrected chi connectivity index (χ4v) is 1.60. The average Bonchev–Trinajstić information content (AvgIpc) is 1.94. The van der Waals surface area contributed by atoms with Crippen molar-refractivity contribution in [3.63, 3.8) is 0 Å². The van der Waals surface area contributed by atoms with E-state index in [0.717, 1.165) is 25.1 Å². The van der Waals surface area contributed by atoms with Crippen molar-refractivity contribution in [3.8, 4) is 0 Å². The van der Waals surface area contributed by atoms with Gasteiger partial charge in [0.05, 0.1) is 6.61 Å². The molecule has 0 amide bonds. The molecule has 0 atom stereocenters. The molecular weight excluding hydrogens is 138 g/mol. The van der Waals surface area contributed by atoms with Gasteiger partial charge in [-0.1, -0.05) is 13.3 Å². The minimum atomic E-state index is 0.787. The van der Waals surface area contributed by atoms with Crippen molar-refractivity contribution in [1.29, 1.82) is 0 Å². The van der Waals surface area contributed by atoms with Gasteiger partial charge in [-0.15, -0.1) is 0 Å². The lowest BCUT2D eigenvalue weighted by atomic mass is 9.79. The molecule has 0 aromatic heterocycles. The van der Waals surface area contributed by atoms with E-state index in [-0.39, 0.29) is 0 Å². The fraction of sp³-hybridized carbons (Fsp3) is 1.00. The van der Waals surface area contributed by atoms with E-state index in [1.165, 1.54) is 19.3 Å². The van der Waals surface area contributed by atoms with Crippen molar-refractivity contribution in [3.05, 3.63) is 0 Å². The summed E-state index contributed by atoms with van der Waals surface area (Å²) in [6, 6.07) is 0.787. The van der Waals surface area contributed by atoms with Crippen molar-refractivity contribution in [2.75, 3.05) is 20.3 Å². The Kier molecular flexibility index (Phi) is 3.87. The Morgan fingerprint density at radius 3 is 2.73 bits per heavy atom. The molecule has 0 aromatic rings. The highest BCUT2D eigenvalue weighted by Crippen LogP contribution is 2.29. The first-order valence-electron chi connectivity index (χ1n) is 4.59. The molecule has 0 aliphatic heterocycles. The van der Waals surface area contributed by atoms with Crippen LogP contribution < -0.4 is 5.32 Å². The summed E-state index contributed by atoms with van der Waals surface area (Å²) in [5, 5.41) is 3.46. The second kappa shape index (κ2) is 4.73. The lowest BCUT2D eigenvalue weighted by Gasteiger charge is -2.35. The SMILES string of the molecule is CCC1CC(NCCOC)C1. The smallest absolute Gasteiger partial charge is 0.0587 e. The molecule has 2 heteroatoms. The Morgan fingerprint density at radius 2 is 2.18 bits per heavy atom. The van der Waals surface area contributed by atoms with Gasteiger partial charge in [0.1, 0.15) is 0 Å². The molecule has 2 nitrogen and oxygen atoms in total. The minimum Gasteiger partial charge on any atom is -0.383 e. The molecule has 11 heavy (non-hydrogen) atoms. The zero-order chi connectivity index (χ0) is 8.10. The number of rotatable bonds is 5. The standard InChI is InChI=1S/C9H19NO/c1-3-8-6-9(7-8)10-4-5-11-2/h8-10H,3-7H2,1-2H3. The summed E-state index contributed by atoms with van der Waals surface area (Å²) in [4.78, 5) is 0. The highest BCUT2D eigenvalue weighted by atomic mass is 16.5. The molecule has 1 aliphatic rings. The van der Waals surface area contributed by atoms with Crippen LogP contribution in [-0.2, 0) is 4.74 Å². The van der Waals surface area contributed by atoms with Gasteiger partial charge in [0.25, 0.3) is 0 Å². The molecule has 1 rings (SSSR count). The van der Waals surface area contributed by atoms with Crippen LogP contribution >= 0.6 is 0 Å². The van der Waals surface area contributed by atoms with Crippen LogP contribution in [0.25, 0.3) is 0 Å². The van der Waals surface area contributed by atoms with Gasteiger partial charge in [-0.2, -0.15) is 0 Å². The van der Waals surface area contributed by atoms with Gasteiger partial charge in [0.15, 0.2) is 0 Å². The normalized spacial score (nSPS) is 30.0. The van der Waals surface area contributed by atoms with Gasteiger partial charge < -0.3 is 10.1 Å². The van der Waals surface area contributed by atoms with Crippen molar-refractivity contribution in [1.82, 2.24) is 5.32 Å². The maximum Gasteiger partial charge on any atom is 0.0587 e. The van der Waals surface area contributed by atoms with Gasteiger partial charge in [0.2, 0.25) is 0 Å². The molecular formula is C9H19NO. The molecule has 0 spiro atoms. The van der Waals surface area contributed by atoms with Crippen molar-refractivity contribution < 1.29 is 4.74 Å². The van der Waals surface area contributed by atoms with Crippen LogP contribution in [0.1, 0.15) is 26.2 Å². The van der Waals surface area contributed by atoms with Crippen LogP contribution in [0.3, 0.4) is 0 Å². The summed E-state index contributed by atoms with van der Waals surface area (Å²) in [5.74, 6) is 0.995. The zero-order valence-corrected chi connectivity index (χ0v) is 7.60. The Balaban J connectivity index is 1.88. The van der Waals surface area contributed by atoms with Crippen LogP contribution in [0.15, 0.2) is 0 Å². The number of hydrogen-bond acceptors (Lipinski definition) is 2. The summed E-state index contributed by atoms with van der Waals surface area (Å²) in [5.41, 5.74) is 0. The van der Waals surface area contributed by atoms with Crippen molar-refractivity contribution in [2.24, 2.45) is 5.92 Å². The van der Waals surface area contributed by atoms with Crippen molar-refractivity contribution >= 4 is 0 Å². The monoisotopic (exact) mass is 157 g/mol. The van der Waals surface area contributed by atoms with E-state index in [1.54, 1.807) is 7.11 Å². The van der Waals surface area contributed by atoms with Gasteiger partial charge >= 0.3 is 0 Å². The maximum atomic E-state index is 4.95. The Hall–Kier alpha value is -0.0800. The number of methoxy groups -OCH3 is 1. The summed E-state index contributed by atoms with van der Waals surface area (Å²) in [6.07, 6.45) is 4.10. The average molecular weight is 157 g/mol. The largest absolute Gasteiger partial charge is 0.383 e. The Labute approximate surface area is 69.3 Å². The number of ether oxygens (including phenoxy) is 1. The third kappa shape index (κ3) is 2.80. The molecule has 0 bridgehead atoms. The Bertz CT molecular complexity index is 99.7. The highest BCUT2D eigenvalue weighted by Gasteiger charge is 2.26. The van der Waals surface area contributed by atoms with E-state index in [1.807, 2.05) is 0 Å². The van der Waals surface area contributed by atoms with E-state index in [4.69, 9.17) is 4.74 Å². The molecule has 0 saturated heterocycles. The summed E-state index contributed by atoms with van der Waals surface area (Å²) < 4.78 is 4.95. The first-order chi connectivity index (χ1) is 5.36. The summed E-state index contributed by atoms with van der Waals surface area (Å²) >= 11 is 0. The minimum absolute atomic E-state index is 0.787. The molecule has 0 aromatic carbocycles. The second-order valence-corrected chi connectivity index (χ2v) is 3.39. The quantitative estimate of drug-likeness (QED) is 0.609. The third-order valence-electron chi connectivity index (χ3n) is 2.55. The molecule has 1 saturated carbocycles. The molecule has 0 heterocycles. The zero-order valence-electron chi connectivity index (χ0n) is 7.60. The number of hydrogen-bond donors (Lipinski definition) is 1. The van der Waals surface area contributed by atoms with Gasteiger partial charge in [0, 0.05) is 19.7 Å². The predicted octanol–water partition coefficient (Wildman–Crippen LogP) is 1.41. The first-order valence-corrected chi connectivity index (χ1v) is 4.59. The van der Waals surface area contributed by atoms with E-state index in [2.05, 4.69) is 12.2 Å². The van der Waals surface area contributed by atoms with Gasteiger partial charge in [-0.05, 0) is 18.8 Å². The number of nitrogens with one attached hydrogen (secondary N) is 1. The molecule has 1 N–H and O–H groups in total. The van der Waals surface area contributed by atoms with E-state index in [9.17, 15) is 0 Å². The highest BCUT2D eigenvalue weighted by molar-refractivity contribution is 4.83. The van der Waals surface area contributed by atoms with Gasteiger partial charge in [-0.25, -0.2) is 0 Å². The first kappa shape index (κ1) is 9.01. The topological polar surface area (TPSA) is 21.3 Å². The predicted molar refractivity (Wildman–Crippen MR) is 46.7 cm³/mol. The Morgan fingerprint density at radius 1 is 1.45 bits per heavy atom. The van der Waals surface area contributed by atoms with E-state index < -0.39 is 0 Å². The van der Waals surface area contributed by atoms with E-state index in [0.29, 0.717) is 0 Å². The van der Waals surface area contributed by atoms with E-state index >= 15 is 0 Å². The van der Waals surface area contributed by atoms with Gasteiger partial charge in [-0.3, -0.25) is 0 Å². The molecule has 66 valence electrons. The lowest BCUT2D eigenvalue weighted by molar-refractivity contribution is 0.169. The molecule has 1 aliphatic carbocycles.